The Bertz CT molecular complexity index is 814. The average Bonchev–Trinajstić information content (AvgIpc) is 3.35. The van der Waals surface area contributed by atoms with Crippen LogP contribution in [0.3, 0.4) is 0 Å². The Morgan fingerprint density at radius 1 is 1.19 bits per heavy atom. The summed E-state index contributed by atoms with van der Waals surface area (Å²) in [6.45, 7) is 1.55. The Hall–Kier alpha value is -2.27. The molecule has 0 unspecified atom stereocenters. The van der Waals surface area contributed by atoms with Crippen molar-refractivity contribution in [2.24, 2.45) is 5.41 Å². The minimum absolute atomic E-state index is 0.0232. The first-order valence-electron chi connectivity index (χ1n) is 9.71. The molecule has 4 rings (SSSR count). The third kappa shape index (κ3) is 3.36. The van der Waals surface area contributed by atoms with Gasteiger partial charge in [-0.3, -0.25) is 4.79 Å². The molecule has 2 atom stereocenters. The highest BCUT2D eigenvalue weighted by Crippen LogP contribution is 2.46. The van der Waals surface area contributed by atoms with Gasteiger partial charge in [-0.05, 0) is 49.9 Å². The van der Waals surface area contributed by atoms with E-state index in [9.17, 15) is 4.79 Å². The fraction of sp³-hybridized carbons (Fsp3) is 0.500. The van der Waals surface area contributed by atoms with Gasteiger partial charge >= 0.3 is 0 Å². The number of furan rings is 1. The normalized spacial score (nSPS) is 25.1. The van der Waals surface area contributed by atoms with Crippen LogP contribution in [0.5, 0.6) is 5.75 Å². The number of benzene rings is 1. The molecule has 1 saturated heterocycles. The van der Waals surface area contributed by atoms with E-state index in [2.05, 4.69) is 0 Å². The van der Waals surface area contributed by atoms with Gasteiger partial charge in [0.05, 0.1) is 13.2 Å². The summed E-state index contributed by atoms with van der Waals surface area (Å²) >= 11 is 0. The lowest BCUT2D eigenvalue weighted by atomic mass is 9.76. The van der Waals surface area contributed by atoms with Gasteiger partial charge in [-0.15, -0.1) is 0 Å². The summed E-state index contributed by atoms with van der Waals surface area (Å²) < 4.78 is 16.9. The van der Waals surface area contributed by atoms with Crippen molar-refractivity contribution in [3.8, 4) is 17.1 Å². The molecule has 0 radical (unpaired) electrons. The lowest BCUT2D eigenvalue weighted by Gasteiger charge is -2.43. The highest BCUT2D eigenvalue weighted by Gasteiger charge is 2.46. The number of amides is 1. The van der Waals surface area contributed by atoms with Crippen molar-refractivity contribution in [3.63, 3.8) is 0 Å². The molecule has 1 spiro atoms. The zero-order valence-corrected chi connectivity index (χ0v) is 16.1. The van der Waals surface area contributed by atoms with Crippen LogP contribution in [-0.4, -0.2) is 44.2 Å². The number of likely N-dealkylation sites (tertiary alicyclic amines) is 1. The summed E-state index contributed by atoms with van der Waals surface area (Å²) in [5.74, 6) is 1.82. The molecule has 5 heteroatoms. The number of methoxy groups -OCH3 is 2. The molecule has 2 fully saturated rings. The third-order valence-corrected chi connectivity index (χ3v) is 6.18. The monoisotopic (exact) mass is 369 g/mol. The Morgan fingerprint density at radius 2 is 2.04 bits per heavy atom. The molecule has 1 aromatic carbocycles. The first-order valence-corrected chi connectivity index (χ1v) is 9.71. The van der Waals surface area contributed by atoms with E-state index in [4.69, 9.17) is 13.9 Å². The standard InChI is InChI=1S/C22H27NO4/c1-25-17-7-3-6-16(14-17)18-9-10-19(27-18)21(24)23-13-5-12-22(15-23)11-4-8-20(22)26-2/h3,6-7,9-10,14,20H,4-5,8,11-13,15H2,1-2H3/t20-,22+/m1/s1. The van der Waals surface area contributed by atoms with Crippen LogP contribution in [0, 0.1) is 5.41 Å². The number of carbonyl (C=O) groups is 1. The number of nitrogens with zero attached hydrogens (tertiary/aromatic N) is 1. The molecule has 1 aliphatic heterocycles. The van der Waals surface area contributed by atoms with Gasteiger partial charge in [0.2, 0.25) is 0 Å². The van der Waals surface area contributed by atoms with E-state index in [1.807, 2.05) is 35.2 Å². The third-order valence-electron chi connectivity index (χ3n) is 6.18. The molecule has 2 heterocycles. The van der Waals surface area contributed by atoms with E-state index in [1.165, 1.54) is 6.42 Å². The Balaban J connectivity index is 1.52. The largest absolute Gasteiger partial charge is 0.497 e. The predicted octanol–water partition coefficient (Wildman–Crippen LogP) is 4.38. The zero-order valence-electron chi connectivity index (χ0n) is 16.1. The molecule has 1 saturated carbocycles. The SMILES string of the molecule is COc1cccc(-c2ccc(C(=O)N3CCC[C@@]4(CCC[C@H]4OC)C3)o2)c1. The summed E-state index contributed by atoms with van der Waals surface area (Å²) in [5, 5.41) is 0. The molecule has 2 aliphatic rings. The zero-order chi connectivity index (χ0) is 18.9. The highest BCUT2D eigenvalue weighted by atomic mass is 16.5. The summed E-state index contributed by atoms with van der Waals surface area (Å²) in [5.41, 5.74) is 1.02. The summed E-state index contributed by atoms with van der Waals surface area (Å²) in [6, 6.07) is 11.3. The van der Waals surface area contributed by atoms with Crippen LogP contribution >= 0.6 is 0 Å². The number of hydrogen-bond donors (Lipinski definition) is 0. The molecular weight excluding hydrogens is 342 g/mol. The first-order chi connectivity index (χ1) is 13.1. The minimum atomic E-state index is -0.0232. The molecule has 144 valence electrons. The number of rotatable bonds is 4. The fourth-order valence-corrected chi connectivity index (χ4v) is 4.82. The van der Waals surface area contributed by atoms with E-state index in [0.717, 1.165) is 50.1 Å². The van der Waals surface area contributed by atoms with Crippen LogP contribution in [-0.2, 0) is 4.74 Å². The quantitative estimate of drug-likeness (QED) is 0.803. The molecule has 2 aromatic rings. The van der Waals surface area contributed by atoms with Gasteiger partial charge in [0.15, 0.2) is 5.76 Å². The number of piperidine rings is 1. The molecular formula is C22H27NO4. The Morgan fingerprint density at radius 3 is 2.85 bits per heavy atom. The van der Waals surface area contributed by atoms with E-state index in [-0.39, 0.29) is 17.4 Å². The van der Waals surface area contributed by atoms with Crippen molar-refractivity contribution in [1.29, 1.82) is 0 Å². The average molecular weight is 369 g/mol. The van der Waals surface area contributed by atoms with Crippen LogP contribution in [0.4, 0.5) is 0 Å². The van der Waals surface area contributed by atoms with Crippen molar-refractivity contribution in [3.05, 3.63) is 42.2 Å². The van der Waals surface area contributed by atoms with Crippen molar-refractivity contribution < 1.29 is 18.7 Å². The van der Waals surface area contributed by atoms with Crippen molar-refractivity contribution in [2.75, 3.05) is 27.3 Å². The van der Waals surface area contributed by atoms with Gasteiger partial charge in [-0.25, -0.2) is 0 Å². The molecule has 0 bridgehead atoms. The van der Waals surface area contributed by atoms with Crippen LogP contribution in [0.25, 0.3) is 11.3 Å². The van der Waals surface area contributed by atoms with E-state index in [0.29, 0.717) is 11.5 Å². The summed E-state index contributed by atoms with van der Waals surface area (Å²) in [6.07, 6.45) is 5.85. The van der Waals surface area contributed by atoms with Gasteiger partial charge < -0.3 is 18.8 Å². The lowest BCUT2D eigenvalue weighted by Crippen LogP contribution is -2.49. The fourth-order valence-electron chi connectivity index (χ4n) is 4.82. The Labute approximate surface area is 160 Å². The van der Waals surface area contributed by atoms with Gasteiger partial charge in [0, 0.05) is 31.2 Å². The van der Waals surface area contributed by atoms with E-state index in [1.54, 1.807) is 20.3 Å². The smallest absolute Gasteiger partial charge is 0.289 e. The predicted molar refractivity (Wildman–Crippen MR) is 103 cm³/mol. The number of hydrogen-bond acceptors (Lipinski definition) is 4. The summed E-state index contributed by atoms with van der Waals surface area (Å²) in [7, 11) is 3.43. The number of ether oxygens (including phenoxy) is 2. The van der Waals surface area contributed by atoms with E-state index >= 15 is 0 Å². The van der Waals surface area contributed by atoms with Crippen LogP contribution in [0.1, 0.15) is 42.7 Å². The van der Waals surface area contributed by atoms with Gasteiger partial charge in [0.1, 0.15) is 11.5 Å². The maximum absolute atomic E-state index is 13.1. The van der Waals surface area contributed by atoms with Crippen molar-refractivity contribution >= 4 is 5.91 Å². The second-order valence-electron chi connectivity index (χ2n) is 7.71. The van der Waals surface area contributed by atoms with E-state index < -0.39 is 0 Å². The van der Waals surface area contributed by atoms with Gasteiger partial charge in [-0.2, -0.15) is 0 Å². The Kier molecular flexibility index (Phi) is 4.96. The lowest BCUT2D eigenvalue weighted by molar-refractivity contribution is -0.0301. The topological polar surface area (TPSA) is 51.9 Å². The minimum Gasteiger partial charge on any atom is -0.497 e. The molecule has 1 aromatic heterocycles. The van der Waals surface area contributed by atoms with Crippen molar-refractivity contribution in [2.45, 2.75) is 38.2 Å². The first kappa shape index (κ1) is 18.1. The van der Waals surface area contributed by atoms with Crippen LogP contribution < -0.4 is 4.74 Å². The van der Waals surface area contributed by atoms with Crippen molar-refractivity contribution in [1.82, 2.24) is 4.90 Å². The maximum Gasteiger partial charge on any atom is 0.289 e. The second kappa shape index (κ2) is 7.39. The second-order valence-corrected chi connectivity index (χ2v) is 7.71. The maximum atomic E-state index is 13.1. The highest BCUT2D eigenvalue weighted by molar-refractivity contribution is 5.92. The molecule has 27 heavy (non-hydrogen) atoms. The summed E-state index contributed by atoms with van der Waals surface area (Å²) in [4.78, 5) is 15.0. The number of carbonyl (C=O) groups excluding carboxylic acids is 1. The molecule has 5 nitrogen and oxygen atoms in total. The molecule has 1 amide bonds. The van der Waals surface area contributed by atoms with Crippen LogP contribution in [0.15, 0.2) is 40.8 Å². The van der Waals surface area contributed by atoms with Gasteiger partial charge in [-0.1, -0.05) is 18.6 Å². The molecule has 0 N–H and O–H groups in total. The van der Waals surface area contributed by atoms with Gasteiger partial charge in [0.25, 0.3) is 5.91 Å². The molecule has 1 aliphatic carbocycles. The van der Waals surface area contributed by atoms with Crippen LogP contribution in [0.2, 0.25) is 0 Å².